The molecule has 0 saturated heterocycles. The summed E-state index contributed by atoms with van der Waals surface area (Å²) >= 11 is 0. The second-order valence-electron chi connectivity index (χ2n) is 6.66. The number of sulfone groups is 1. The van der Waals surface area contributed by atoms with Gasteiger partial charge in [-0.3, -0.25) is 0 Å². The predicted molar refractivity (Wildman–Crippen MR) is 88.6 cm³/mol. The molecule has 6 heteroatoms. The van der Waals surface area contributed by atoms with Gasteiger partial charge in [-0.05, 0) is 65.0 Å². The first-order chi connectivity index (χ1) is 10.3. The van der Waals surface area contributed by atoms with E-state index < -0.39 is 14.6 Å². The Morgan fingerprint density at radius 3 is 2.50 bits per heavy atom. The number of aromatic nitrogens is 2. The van der Waals surface area contributed by atoms with Crippen LogP contribution in [0.2, 0.25) is 0 Å². The van der Waals surface area contributed by atoms with E-state index in [1.165, 1.54) is 37.3 Å². The summed E-state index contributed by atoms with van der Waals surface area (Å²) in [5, 5.41) is 11.1. The van der Waals surface area contributed by atoms with Crippen LogP contribution in [0.4, 0.5) is 5.82 Å². The van der Waals surface area contributed by atoms with E-state index in [1.54, 1.807) is 26.8 Å². The number of anilines is 1. The monoisotopic (exact) mass is 323 g/mol. The SMILES string of the molecule is CC(C)(C)S(=O)(=O)c1ccc(NCCC2=CCCCC2)nn1. The van der Waals surface area contributed by atoms with Crippen molar-refractivity contribution in [2.24, 2.45) is 0 Å². The van der Waals surface area contributed by atoms with Gasteiger partial charge in [0.1, 0.15) is 5.82 Å². The lowest BCUT2D eigenvalue weighted by molar-refractivity contribution is 0.554. The standard InChI is InChI=1S/C16H25N3O2S/c1-16(2,3)22(20,21)15-10-9-14(18-19-15)17-12-11-13-7-5-4-6-8-13/h7,9-10H,4-6,8,11-12H2,1-3H3,(H,17,18). The molecule has 1 aromatic heterocycles. The quantitative estimate of drug-likeness (QED) is 0.841. The van der Waals surface area contributed by atoms with Gasteiger partial charge in [0, 0.05) is 6.54 Å². The Kier molecular flexibility index (Phi) is 5.21. The van der Waals surface area contributed by atoms with Crippen molar-refractivity contribution < 1.29 is 8.42 Å². The summed E-state index contributed by atoms with van der Waals surface area (Å²) in [6.45, 7) is 5.78. The Balaban J connectivity index is 1.93. The van der Waals surface area contributed by atoms with Crippen LogP contribution in [0, 0.1) is 0 Å². The molecular formula is C16H25N3O2S. The molecular weight excluding hydrogens is 298 g/mol. The summed E-state index contributed by atoms with van der Waals surface area (Å²) in [5.74, 6) is 0.615. The van der Waals surface area contributed by atoms with E-state index in [2.05, 4.69) is 21.6 Å². The first-order valence-corrected chi connectivity index (χ1v) is 9.29. The maximum absolute atomic E-state index is 12.3. The highest BCUT2D eigenvalue weighted by Crippen LogP contribution is 2.23. The largest absolute Gasteiger partial charge is 0.368 e. The number of nitrogens with one attached hydrogen (secondary N) is 1. The number of rotatable bonds is 5. The average molecular weight is 323 g/mol. The fourth-order valence-corrected chi connectivity index (χ4v) is 3.38. The molecule has 1 N–H and O–H groups in total. The topological polar surface area (TPSA) is 72.0 Å². The molecule has 0 saturated carbocycles. The van der Waals surface area contributed by atoms with Crippen molar-refractivity contribution in [3.8, 4) is 0 Å². The molecule has 0 fully saturated rings. The second kappa shape index (κ2) is 6.77. The number of nitrogens with zero attached hydrogens (tertiary/aromatic N) is 2. The lowest BCUT2D eigenvalue weighted by Crippen LogP contribution is -2.28. The van der Waals surface area contributed by atoms with Crippen molar-refractivity contribution >= 4 is 15.7 Å². The van der Waals surface area contributed by atoms with Crippen LogP contribution < -0.4 is 5.32 Å². The van der Waals surface area contributed by atoms with Crippen LogP contribution in [0.3, 0.4) is 0 Å². The van der Waals surface area contributed by atoms with Gasteiger partial charge in [0.15, 0.2) is 5.03 Å². The molecule has 1 aliphatic rings. The van der Waals surface area contributed by atoms with Crippen molar-refractivity contribution in [1.82, 2.24) is 10.2 Å². The Labute approximate surface area is 133 Å². The Hall–Kier alpha value is -1.43. The third-order valence-electron chi connectivity index (χ3n) is 3.86. The molecule has 5 nitrogen and oxygen atoms in total. The molecule has 0 radical (unpaired) electrons. The molecule has 0 atom stereocenters. The predicted octanol–water partition coefficient (Wildman–Crippen LogP) is 3.35. The summed E-state index contributed by atoms with van der Waals surface area (Å²) in [4.78, 5) is 0. The van der Waals surface area contributed by atoms with E-state index in [1.807, 2.05) is 0 Å². The molecule has 122 valence electrons. The maximum Gasteiger partial charge on any atom is 0.202 e. The lowest BCUT2D eigenvalue weighted by atomic mass is 9.97. The zero-order valence-corrected chi connectivity index (χ0v) is 14.4. The number of hydrogen-bond donors (Lipinski definition) is 1. The van der Waals surface area contributed by atoms with E-state index in [0.29, 0.717) is 5.82 Å². The highest BCUT2D eigenvalue weighted by atomic mass is 32.2. The molecule has 22 heavy (non-hydrogen) atoms. The highest BCUT2D eigenvalue weighted by molar-refractivity contribution is 7.92. The van der Waals surface area contributed by atoms with Gasteiger partial charge in [0.25, 0.3) is 0 Å². The van der Waals surface area contributed by atoms with Crippen LogP contribution in [0.5, 0.6) is 0 Å². The Morgan fingerprint density at radius 2 is 1.95 bits per heavy atom. The van der Waals surface area contributed by atoms with Crippen molar-refractivity contribution in [2.45, 2.75) is 62.6 Å². The summed E-state index contributed by atoms with van der Waals surface area (Å²) in [6.07, 6.45) is 8.29. The molecule has 0 amide bonds. The van der Waals surface area contributed by atoms with E-state index in [-0.39, 0.29) is 5.03 Å². The normalized spacial score (nSPS) is 16.2. The summed E-state index contributed by atoms with van der Waals surface area (Å²) in [5.41, 5.74) is 1.50. The van der Waals surface area contributed by atoms with Crippen LogP contribution in [0.1, 0.15) is 52.9 Å². The fraction of sp³-hybridized carbons (Fsp3) is 0.625. The highest BCUT2D eigenvalue weighted by Gasteiger charge is 2.32. The minimum absolute atomic E-state index is 0.0283. The smallest absolute Gasteiger partial charge is 0.202 e. The van der Waals surface area contributed by atoms with Crippen LogP contribution in [-0.4, -0.2) is 29.9 Å². The first-order valence-electron chi connectivity index (χ1n) is 7.81. The number of hydrogen-bond acceptors (Lipinski definition) is 5. The van der Waals surface area contributed by atoms with Crippen molar-refractivity contribution in [2.75, 3.05) is 11.9 Å². The van der Waals surface area contributed by atoms with Gasteiger partial charge >= 0.3 is 0 Å². The van der Waals surface area contributed by atoms with Gasteiger partial charge in [-0.15, -0.1) is 10.2 Å². The zero-order chi connectivity index (χ0) is 16.2. The molecule has 1 aromatic rings. The minimum Gasteiger partial charge on any atom is -0.368 e. The molecule has 1 heterocycles. The van der Waals surface area contributed by atoms with Gasteiger partial charge in [-0.25, -0.2) is 8.42 Å². The van der Waals surface area contributed by atoms with Gasteiger partial charge in [0.05, 0.1) is 4.75 Å². The maximum atomic E-state index is 12.3. The van der Waals surface area contributed by atoms with Crippen molar-refractivity contribution in [3.63, 3.8) is 0 Å². The Morgan fingerprint density at radius 1 is 1.18 bits per heavy atom. The van der Waals surface area contributed by atoms with Crippen LogP contribution >= 0.6 is 0 Å². The molecule has 0 aliphatic heterocycles. The summed E-state index contributed by atoms with van der Waals surface area (Å²) in [7, 11) is -3.44. The number of allylic oxidation sites excluding steroid dienone is 1. The Bertz CT molecular complexity index is 628. The van der Waals surface area contributed by atoms with Crippen LogP contribution in [0.25, 0.3) is 0 Å². The third kappa shape index (κ3) is 4.06. The molecule has 0 aromatic carbocycles. The van der Waals surface area contributed by atoms with Crippen molar-refractivity contribution in [3.05, 3.63) is 23.8 Å². The average Bonchev–Trinajstić information content (AvgIpc) is 2.48. The fourth-order valence-electron chi connectivity index (χ4n) is 2.35. The summed E-state index contributed by atoms with van der Waals surface area (Å²) in [6, 6.07) is 3.21. The van der Waals surface area contributed by atoms with E-state index in [9.17, 15) is 8.42 Å². The van der Waals surface area contributed by atoms with Crippen molar-refractivity contribution in [1.29, 1.82) is 0 Å². The van der Waals surface area contributed by atoms with Crippen LogP contribution in [-0.2, 0) is 9.84 Å². The molecule has 0 unspecified atom stereocenters. The van der Waals surface area contributed by atoms with Gasteiger partial charge in [-0.1, -0.05) is 11.6 Å². The summed E-state index contributed by atoms with van der Waals surface area (Å²) < 4.78 is 23.6. The second-order valence-corrected chi connectivity index (χ2v) is 9.31. The minimum atomic E-state index is -3.44. The van der Waals surface area contributed by atoms with E-state index >= 15 is 0 Å². The van der Waals surface area contributed by atoms with E-state index in [0.717, 1.165) is 13.0 Å². The van der Waals surface area contributed by atoms with Gasteiger partial charge in [-0.2, -0.15) is 0 Å². The first kappa shape index (κ1) is 16.9. The zero-order valence-electron chi connectivity index (χ0n) is 13.6. The van der Waals surface area contributed by atoms with E-state index in [4.69, 9.17) is 0 Å². The molecule has 2 rings (SSSR count). The third-order valence-corrected chi connectivity index (χ3v) is 6.24. The lowest BCUT2D eigenvalue weighted by Gasteiger charge is -2.18. The van der Waals surface area contributed by atoms with Gasteiger partial charge in [0.2, 0.25) is 9.84 Å². The molecule has 0 bridgehead atoms. The molecule has 0 spiro atoms. The molecule has 1 aliphatic carbocycles. The van der Waals surface area contributed by atoms with Gasteiger partial charge < -0.3 is 5.32 Å². The van der Waals surface area contributed by atoms with Crippen LogP contribution in [0.15, 0.2) is 28.8 Å².